The molecule has 0 amide bonds. The Morgan fingerprint density at radius 2 is 1.04 bits per heavy atom. The average molecular weight is 439 g/mol. The minimum Gasteiger partial charge on any atom is -0.504 e. The maximum atomic E-state index is 12.0. The first-order valence-corrected chi connectivity index (χ1v) is 5.82. The fourth-order valence-corrected chi connectivity index (χ4v) is 1.10. The summed E-state index contributed by atoms with van der Waals surface area (Å²) in [5.41, 5.74) is -0.229. The van der Waals surface area contributed by atoms with Crippen molar-refractivity contribution in [1.82, 2.24) is 0 Å². The van der Waals surface area contributed by atoms with Gasteiger partial charge in [-0.25, -0.2) is 0 Å². The molecule has 0 fully saturated rings. The molecular weight excluding hydrogens is 425 g/mol. The van der Waals surface area contributed by atoms with E-state index in [2.05, 4.69) is 9.98 Å². The summed E-state index contributed by atoms with van der Waals surface area (Å²) in [6.07, 6.45) is -8.89. The van der Waals surface area contributed by atoms with Crippen LogP contribution in [0.25, 0.3) is 0 Å². The van der Waals surface area contributed by atoms with Crippen molar-refractivity contribution in [2.75, 3.05) is 13.1 Å². The molecule has 0 rings (SSSR count). The minimum absolute atomic E-state index is 0. The Morgan fingerprint density at radius 1 is 0.783 bits per heavy atom. The molecule has 0 aliphatic rings. The number of aliphatic imine (C=N–C) groups is 2. The molecule has 11 heteroatoms. The van der Waals surface area contributed by atoms with Crippen LogP contribution in [-0.2, 0) is 20.4 Å². The number of rotatable bonds is 5. The quantitative estimate of drug-likeness (QED) is 0.225. The number of halogens is 6. The van der Waals surface area contributed by atoms with Gasteiger partial charge in [0.1, 0.15) is 0 Å². The van der Waals surface area contributed by atoms with Gasteiger partial charge in [0.2, 0.25) is 0 Å². The molecule has 0 heterocycles. The van der Waals surface area contributed by atoms with Crippen LogP contribution in [0.5, 0.6) is 0 Å². The van der Waals surface area contributed by atoms with Gasteiger partial charge in [0.15, 0.2) is 11.5 Å². The summed E-state index contributed by atoms with van der Waals surface area (Å²) in [6, 6.07) is 0. The van der Waals surface area contributed by atoms with Crippen LogP contribution in [0.4, 0.5) is 26.3 Å². The Bertz CT molecular complexity index is 461. The van der Waals surface area contributed by atoms with Gasteiger partial charge in [0.05, 0.1) is 13.1 Å². The minimum atomic E-state index is -4.87. The van der Waals surface area contributed by atoms with Crippen molar-refractivity contribution in [3.63, 3.8) is 0 Å². The van der Waals surface area contributed by atoms with Crippen molar-refractivity contribution in [3.05, 3.63) is 23.7 Å². The normalized spacial score (nSPS) is 15.5. The molecular formula is C12H14F6N2O2Pd. The van der Waals surface area contributed by atoms with Gasteiger partial charge in [-0.15, -0.1) is 0 Å². The van der Waals surface area contributed by atoms with E-state index < -0.39 is 23.9 Å². The zero-order chi connectivity index (χ0) is 17.6. The van der Waals surface area contributed by atoms with E-state index in [1.807, 2.05) is 0 Å². The van der Waals surface area contributed by atoms with Crippen molar-refractivity contribution in [1.29, 1.82) is 0 Å². The van der Waals surface area contributed by atoms with E-state index >= 15 is 0 Å². The van der Waals surface area contributed by atoms with Crippen molar-refractivity contribution in [2.45, 2.75) is 26.2 Å². The fourth-order valence-electron chi connectivity index (χ4n) is 1.10. The van der Waals surface area contributed by atoms with Crippen LogP contribution in [-0.4, -0.2) is 47.1 Å². The van der Waals surface area contributed by atoms with E-state index in [1.165, 1.54) is 13.8 Å². The van der Waals surface area contributed by atoms with E-state index in [9.17, 15) is 26.3 Å². The fraction of sp³-hybridized carbons (Fsp3) is 0.500. The molecule has 0 radical (unpaired) electrons. The number of hydrogen-bond acceptors (Lipinski definition) is 4. The number of alkyl halides is 6. The molecule has 4 nitrogen and oxygen atoms in total. The van der Waals surface area contributed by atoms with Gasteiger partial charge >= 0.3 is 12.4 Å². The molecule has 0 atom stereocenters. The number of allylic oxidation sites excluding steroid dienone is 4. The first-order valence-electron chi connectivity index (χ1n) is 5.82. The third kappa shape index (κ3) is 10.9. The maximum Gasteiger partial charge on any atom is 0.448 e. The molecule has 0 saturated carbocycles. The molecule has 0 aromatic rings. The average Bonchev–Trinajstić information content (AvgIpc) is 2.32. The van der Waals surface area contributed by atoms with Gasteiger partial charge in [0.25, 0.3) is 0 Å². The van der Waals surface area contributed by atoms with E-state index in [-0.39, 0.29) is 44.9 Å². The molecule has 136 valence electrons. The van der Waals surface area contributed by atoms with Crippen molar-refractivity contribution >= 4 is 11.4 Å². The molecule has 0 saturated heterocycles. The Labute approximate surface area is 142 Å². The van der Waals surface area contributed by atoms with E-state index in [0.717, 1.165) is 0 Å². The molecule has 0 bridgehead atoms. The Hall–Kier alpha value is -1.34. The van der Waals surface area contributed by atoms with Crippen molar-refractivity contribution < 1.29 is 57.0 Å². The molecule has 23 heavy (non-hydrogen) atoms. The van der Waals surface area contributed by atoms with E-state index in [4.69, 9.17) is 10.2 Å². The largest absolute Gasteiger partial charge is 0.504 e. The second kappa shape index (κ2) is 9.72. The van der Waals surface area contributed by atoms with Gasteiger partial charge in [-0.1, -0.05) is 0 Å². The van der Waals surface area contributed by atoms with E-state index in [1.54, 1.807) is 0 Å². The smallest absolute Gasteiger partial charge is 0.448 e. The predicted molar refractivity (Wildman–Crippen MR) is 69.5 cm³/mol. The topological polar surface area (TPSA) is 65.2 Å². The summed E-state index contributed by atoms with van der Waals surface area (Å²) >= 11 is 0. The zero-order valence-electron chi connectivity index (χ0n) is 11.9. The molecule has 2 N–H and O–H groups in total. The van der Waals surface area contributed by atoms with Crippen molar-refractivity contribution in [2.24, 2.45) is 9.98 Å². The molecule has 0 aromatic carbocycles. The SMILES string of the molecule is CC(/C=C(\O)C(F)(F)F)=NCCN=C(C)/C=C(\O)C(F)(F)F.[Pd]. The summed E-state index contributed by atoms with van der Waals surface area (Å²) < 4.78 is 72.0. The molecule has 0 aliphatic heterocycles. The summed E-state index contributed by atoms with van der Waals surface area (Å²) in [7, 11) is 0. The Morgan fingerprint density at radius 3 is 1.26 bits per heavy atom. The monoisotopic (exact) mass is 438 g/mol. The molecule has 0 aromatic heterocycles. The van der Waals surface area contributed by atoms with Crippen LogP contribution in [0.2, 0.25) is 0 Å². The summed E-state index contributed by atoms with van der Waals surface area (Å²) in [4.78, 5) is 7.29. The van der Waals surface area contributed by atoms with Gasteiger partial charge in [-0.2, -0.15) is 26.3 Å². The summed E-state index contributed by atoms with van der Waals surface area (Å²) in [6.45, 7) is 2.25. The summed E-state index contributed by atoms with van der Waals surface area (Å²) in [5, 5.41) is 17.3. The van der Waals surface area contributed by atoms with Crippen LogP contribution in [0, 0.1) is 0 Å². The molecule has 0 unspecified atom stereocenters. The molecule has 0 aliphatic carbocycles. The second-order valence-electron chi connectivity index (χ2n) is 4.10. The number of aliphatic hydroxyl groups is 2. The third-order valence-electron chi connectivity index (χ3n) is 2.09. The third-order valence-corrected chi connectivity index (χ3v) is 2.09. The number of hydrogen-bond donors (Lipinski definition) is 2. The first-order chi connectivity index (χ1) is 9.84. The van der Waals surface area contributed by atoms with Crippen LogP contribution >= 0.6 is 0 Å². The van der Waals surface area contributed by atoms with Crippen LogP contribution in [0.15, 0.2) is 33.7 Å². The number of nitrogens with zero attached hydrogens (tertiary/aromatic N) is 2. The predicted octanol–water partition coefficient (Wildman–Crippen LogP) is 3.91. The second-order valence-corrected chi connectivity index (χ2v) is 4.10. The molecule has 0 spiro atoms. The van der Waals surface area contributed by atoms with Crippen molar-refractivity contribution in [3.8, 4) is 0 Å². The standard InChI is InChI=1S/C12H14F6N2O2.Pd/c1-7(5-9(21)11(13,14)15)19-3-4-20-8(2)6-10(22)12(16,17)18;/h5-6,21-22H,3-4H2,1-2H3;/b9-5-,10-6-,19-7?,20-8?;. The van der Waals surface area contributed by atoms with Gasteiger partial charge in [-0.3, -0.25) is 9.98 Å². The summed E-state index contributed by atoms with van der Waals surface area (Å²) in [5.74, 6) is -3.60. The number of aliphatic hydroxyl groups excluding tert-OH is 2. The van der Waals surface area contributed by atoms with Crippen LogP contribution < -0.4 is 0 Å². The Balaban J connectivity index is 0. The zero-order valence-corrected chi connectivity index (χ0v) is 13.5. The Kier molecular flexibility index (Phi) is 10.1. The van der Waals surface area contributed by atoms with Gasteiger partial charge in [0, 0.05) is 44.0 Å². The van der Waals surface area contributed by atoms with Crippen LogP contribution in [0.1, 0.15) is 13.8 Å². The first kappa shape index (κ1) is 23.9. The van der Waals surface area contributed by atoms with Crippen LogP contribution in [0.3, 0.4) is 0 Å². The maximum absolute atomic E-state index is 12.0. The van der Waals surface area contributed by atoms with Gasteiger partial charge < -0.3 is 10.2 Å². The van der Waals surface area contributed by atoms with Gasteiger partial charge in [-0.05, 0) is 13.8 Å². The van der Waals surface area contributed by atoms with E-state index in [0.29, 0.717) is 12.2 Å².